The molecule has 44 heavy (non-hydrogen) atoms. The molecule has 0 radical (unpaired) electrons. The van der Waals surface area contributed by atoms with Gasteiger partial charge in [0.15, 0.2) is 23.0 Å². The summed E-state index contributed by atoms with van der Waals surface area (Å²) in [6.07, 6.45) is 0. The lowest BCUT2D eigenvalue weighted by Crippen LogP contribution is -2.61. The van der Waals surface area contributed by atoms with Crippen LogP contribution in [0.5, 0.6) is 34.5 Å². The van der Waals surface area contributed by atoms with Gasteiger partial charge in [0.25, 0.3) is 11.8 Å². The van der Waals surface area contributed by atoms with Crippen LogP contribution in [0.2, 0.25) is 0 Å². The predicted octanol–water partition coefficient (Wildman–Crippen LogP) is 3.02. The number of nitrogens with zero attached hydrogens (tertiary/aromatic N) is 2. The Hall–Kier alpha value is -5.13. The number of piperazine rings is 1. The molecule has 0 spiro atoms. The Morgan fingerprint density at radius 2 is 1.16 bits per heavy atom. The van der Waals surface area contributed by atoms with Gasteiger partial charge in [-0.2, -0.15) is 0 Å². The molecule has 12 nitrogen and oxygen atoms in total. The summed E-state index contributed by atoms with van der Waals surface area (Å²) in [5, 5.41) is 2.92. The van der Waals surface area contributed by atoms with Crippen molar-refractivity contribution < 1.29 is 42.8 Å². The highest BCUT2D eigenvalue weighted by atomic mass is 16.5. The zero-order valence-electron chi connectivity index (χ0n) is 25.7. The molecule has 1 aliphatic rings. The topological polar surface area (TPSA) is 125 Å². The largest absolute Gasteiger partial charge is 0.493 e. The lowest BCUT2D eigenvalue weighted by molar-refractivity contribution is -0.127. The molecule has 0 bridgehead atoms. The number of rotatable bonds is 11. The number of amides is 3. The Bertz CT molecular complexity index is 1450. The number of benzene rings is 3. The lowest BCUT2D eigenvalue weighted by Gasteiger charge is -2.40. The van der Waals surface area contributed by atoms with Gasteiger partial charge in [0.05, 0.1) is 49.2 Å². The standard InChI is InChI=1S/C32H37N3O9/c1-39-24-14-21(15-25(40-2)28(24)43-5)31(37)34-12-13-35(23(19-34)30(36)33-18-20-10-8-7-9-11-20)32(38)22-16-26(41-3)29(44-6)27(17-22)42-4/h7-11,14-17,23H,12-13,18-19H2,1-6H3,(H,33,36). The van der Waals surface area contributed by atoms with Crippen LogP contribution in [0.15, 0.2) is 54.6 Å². The second-order valence-electron chi connectivity index (χ2n) is 9.80. The van der Waals surface area contributed by atoms with Gasteiger partial charge in [-0.1, -0.05) is 30.3 Å². The van der Waals surface area contributed by atoms with E-state index in [-0.39, 0.29) is 43.2 Å². The maximum atomic E-state index is 14.0. The fourth-order valence-electron chi connectivity index (χ4n) is 5.10. The highest BCUT2D eigenvalue weighted by Gasteiger charge is 2.38. The van der Waals surface area contributed by atoms with E-state index in [0.29, 0.717) is 34.5 Å². The Labute approximate surface area is 256 Å². The van der Waals surface area contributed by atoms with E-state index in [1.807, 2.05) is 30.3 Å². The molecule has 1 unspecified atom stereocenters. The summed E-state index contributed by atoms with van der Waals surface area (Å²) in [4.78, 5) is 44.4. The second kappa shape index (κ2) is 14.4. The minimum atomic E-state index is -0.995. The zero-order valence-corrected chi connectivity index (χ0v) is 25.7. The molecule has 1 heterocycles. The third-order valence-electron chi connectivity index (χ3n) is 7.36. The average molecular weight is 608 g/mol. The molecule has 3 aromatic rings. The van der Waals surface area contributed by atoms with Crippen LogP contribution in [0, 0.1) is 0 Å². The van der Waals surface area contributed by atoms with E-state index in [1.54, 1.807) is 12.1 Å². The molecule has 1 N–H and O–H groups in total. The van der Waals surface area contributed by atoms with E-state index >= 15 is 0 Å². The number of hydrogen-bond acceptors (Lipinski definition) is 9. The van der Waals surface area contributed by atoms with E-state index < -0.39 is 17.9 Å². The fourth-order valence-corrected chi connectivity index (χ4v) is 5.10. The summed E-state index contributed by atoms with van der Waals surface area (Å²) < 4.78 is 32.5. The van der Waals surface area contributed by atoms with Gasteiger partial charge < -0.3 is 43.5 Å². The summed E-state index contributed by atoms with van der Waals surface area (Å²) in [6.45, 7) is 0.471. The van der Waals surface area contributed by atoms with Crippen molar-refractivity contribution in [3.05, 3.63) is 71.3 Å². The Morgan fingerprint density at radius 3 is 1.61 bits per heavy atom. The van der Waals surface area contributed by atoms with Crippen molar-refractivity contribution in [2.75, 3.05) is 62.3 Å². The summed E-state index contributed by atoms with van der Waals surface area (Å²) >= 11 is 0. The lowest BCUT2D eigenvalue weighted by atomic mass is 10.1. The van der Waals surface area contributed by atoms with Crippen molar-refractivity contribution in [1.82, 2.24) is 15.1 Å². The number of nitrogens with one attached hydrogen (secondary N) is 1. The SMILES string of the molecule is COc1cc(C(=O)N2CCN(C(=O)c3cc(OC)c(OC)c(OC)c3)C(C(=O)NCc3ccccc3)C2)cc(OC)c1OC. The molecule has 1 fully saturated rings. The quantitative estimate of drug-likeness (QED) is 0.350. The van der Waals surface area contributed by atoms with Gasteiger partial charge in [-0.25, -0.2) is 0 Å². The van der Waals surface area contributed by atoms with Gasteiger partial charge in [0.1, 0.15) is 6.04 Å². The molecule has 3 aromatic carbocycles. The van der Waals surface area contributed by atoms with Gasteiger partial charge in [0.2, 0.25) is 17.4 Å². The van der Waals surface area contributed by atoms with Crippen molar-refractivity contribution in [3.63, 3.8) is 0 Å². The molecule has 0 aliphatic carbocycles. The fraction of sp³-hybridized carbons (Fsp3) is 0.344. The normalized spacial score (nSPS) is 14.4. The van der Waals surface area contributed by atoms with Crippen LogP contribution in [0.1, 0.15) is 26.3 Å². The Balaban J connectivity index is 1.66. The van der Waals surface area contributed by atoms with Crippen LogP contribution >= 0.6 is 0 Å². The molecule has 234 valence electrons. The first-order valence-electron chi connectivity index (χ1n) is 13.8. The smallest absolute Gasteiger partial charge is 0.254 e. The van der Waals surface area contributed by atoms with Crippen LogP contribution in [0.3, 0.4) is 0 Å². The van der Waals surface area contributed by atoms with E-state index in [0.717, 1.165) is 5.56 Å². The first-order valence-corrected chi connectivity index (χ1v) is 13.8. The van der Waals surface area contributed by atoms with E-state index in [9.17, 15) is 14.4 Å². The highest BCUT2D eigenvalue weighted by molar-refractivity contribution is 6.00. The number of carbonyl (C=O) groups is 3. The van der Waals surface area contributed by atoms with Gasteiger partial charge in [-0.05, 0) is 29.8 Å². The molecule has 0 aromatic heterocycles. The minimum absolute atomic E-state index is 0.0493. The van der Waals surface area contributed by atoms with Gasteiger partial charge in [-0.3, -0.25) is 14.4 Å². The molecule has 4 rings (SSSR count). The third-order valence-corrected chi connectivity index (χ3v) is 7.36. The number of carbonyl (C=O) groups excluding carboxylic acids is 3. The van der Waals surface area contributed by atoms with Crippen LogP contribution in [0.25, 0.3) is 0 Å². The summed E-state index contributed by atoms with van der Waals surface area (Å²) in [6, 6.07) is 14.6. The van der Waals surface area contributed by atoms with Gasteiger partial charge >= 0.3 is 0 Å². The van der Waals surface area contributed by atoms with Crippen LogP contribution < -0.4 is 33.7 Å². The van der Waals surface area contributed by atoms with Crippen LogP contribution in [0.4, 0.5) is 0 Å². The first-order chi connectivity index (χ1) is 21.3. The second-order valence-corrected chi connectivity index (χ2v) is 9.80. The third kappa shape index (κ3) is 6.59. The van der Waals surface area contributed by atoms with Gasteiger partial charge in [0, 0.05) is 30.8 Å². The molecular weight excluding hydrogens is 570 g/mol. The number of ether oxygens (including phenoxy) is 6. The van der Waals surface area contributed by atoms with Crippen molar-refractivity contribution in [2.24, 2.45) is 0 Å². The summed E-state index contributed by atoms with van der Waals surface area (Å²) in [7, 11) is 8.79. The van der Waals surface area contributed by atoms with Crippen molar-refractivity contribution >= 4 is 17.7 Å². The van der Waals surface area contributed by atoms with Gasteiger partial charge in [-0.15, -0.1) is 0 Å². The maximum Gasteiger partial charge on any atom is 0.254 e. The minimum Gasteiger partial charge on any atom is -0.493 e. The number of methoxy groups -OCH3 is 6. The Kier molecular flexibility index (Phi) is 10.4. The molecule has 12 heteroatoms. The highest BCUT2D eigenvalue weighted by Crippen LogP contribution is 2.40. The van der Waals surface area contributed by atoms with E-state index in [2.05, 4.69) is 5.32 Å². The number of hydrogen-bond donors (Lipinski definition) is 1. The Morgan fingerprint density at radius 1 is 0.682 bits per heavy atom. The van der Waals surface area contributed by atoms with Crippen molar-refractivity contribution in [1.29, 1.82) is 0 Å². The summed E-state index contributed by atoms with van der Waals surface area (Å²) in [5.74, 6) is 0.751. The summed E-state index contributed by atoms with van der Waals surface area (Å²) in [5.41, 5.74) is 1.42. The van der Waals surface area contributed by atoms with E-state index in [4.69, 9.17) is 28.4 Å². The first kappa shape index (κ1) is 31.8. The monoisotopic (exact) mass is 607 g/mol. The van der Waals surface area contributed by atoms with Crippen LogP contribution in [-0.4, -0.2) is 95.9 Å². The van der Waals surface area contributed by atoms with Crippen LogP contribution in [-0.2, 0) is 11.3 Å². The molecule has 1 atom stereocenters. The predicted molar refractivity (Wildman–Crippen MR) is 161 cm³/mol. The van der Waals surface area contributed by atoms with E-state index in [1.165, 1.54) is 64.6 Å². The zero-order chi connectivity index (χ0) is 31.8. The van der Waals surface area contributed by atoms with Crippen molar-refractivity contribution in [2.45, 2.75) is 12.6 Å². The molecule has 1 aliphatic heterocycles. The van der Waals surface area contributed by atoms with Crippen molar-refractivity contribution in [3.8, 4) is 34.5 Å². The molecular formula is C32H37N3O9. The average Bonchev–Trinajstić information content (AvgIpc) is 3.08. The molecule has 0 saturated carbocycles. The molecule has 1 saturated heterocycles. The molecule has 3 amide bonds. The maximum absolute atomic E-state index is 14.0.